The number of ether oxygens (including phenoxy) is 1. The highest BCUT2D eigenvalue weighted by atomic mass is 16.5. The minimum absolute atomic E-state index is 0.170. The molecule has 1 unspecified atom stereocenters. The Hall–Kier alpha value is -3.61. The molecule has 32 heavy (non-hydrogen) atoms. The number of nitrogens with zero attached hydrogens (tertiary/aromatic N) is 2. The molecule has 1 saturated heterocycles. The molecule has 2 heterocycles. The van der Waals surface area contributed by atoms with Gasteiger partial charge in [0.05, 0.1) is 18.4 Å². The Bertz CT molecular complexity index is 1090. The van der Waals surface area contributed by atoms with Crippen LogP contribution in [0.25, 0.3) is 5.57 Å². The van der Waals surface area contributed by atoms with Crippen LogP contribution >= 0.6 is 0 Å². The van der Waals surface area contributed by atoms with Gasteiger partial charge in [0, 0.05) is 31.8 Å². The number of methoxy groups -OCH3 is 1. The molecule has 0 bridgehead atoms. The van der Waals surface area contributed by atoms with Crippen LogP contribution in [0.1, 0.15) is 32.3 Å². The second-order valence-corrected chi connectivity index (χ2v) is 8.32. The van der Waals surface area contributed by atoms with Crippen molar-refractivity contribution in [3.8, 4) is 5.75 Å². The second-order valence-electron chi connectivity index (χ2n) is 8.32. The first-order valence-corrected chi connectivity index (χ1v) is 10.8. The first-order chi connectivity index (χ1) is 15.4. The Labute approximate surface area is 187 Å². The van der Waals surface area contributed by atoms with Gasteiger partial charge in [-0.15, -0.1) is 0 Å². The van der Waals surface area contributed by atoms with Gasteiger partial charge < -0.3 is 15.0 Å². The Morgan fingerprint density at radius 2 is 1.84 bits per heavy atom. The van der Waals surface area contributed by atoms with Gasteiger partial charge >= 0.3 is 0 Å². The van der Waals surface area contributed by atoms with E-state index in [1.807, 2.05) is 4.90 Å². The first-order valence-electron chi connectivity index (χ1n) is 10.8. The summed E-state index contributed by atoms with van der Waals surface area (Å²) in [6.07, 6.45) is 2.08. The zero-order chi connectivity index (χ0) is 22.8. The van der Waals surface area contributed by atoms with Gasteiger partial charge in [-0.05, 0) is 48.6 Å². The van der Waals surface area contributed by atoms with Crippen molar-refractivity contribution in [2.24, 2.45) is 5.92 Å². The number of likely N-dealkylation sites (tertiary alicyclic amines) is 1. The highest BCUT2D eigenvalue weighted by molar-refractivity contribution is 6.45. The summed E-state index contributed by atoms with van der Waals surface area (Å²) in [5, 5.41) is 2.73. The number of carbonyl (C=O) groups excluding carboxylic acids is 3. The van der Waals surface area contributed by atoms with Gasteiger partial charge in [-0.2, -0.15) is 0 Å². The van der Waals surface area contributed by atoms with Crippen molar-refractivity contribution < 1.29 is 19.1 Å². The van der Waals surface area contributed by atoms with Crippen LogP contribution in [0.4, 0.5) is 11.4 Å². The summed E-state index contributed by atoms with van der Waals surface area (Å²) < 4.78 is 5.29. The first kappa shape index (κ1) is 21.6. The summed E-state index contributed by atoms with van der Waals surface area (Å²) in [6.45, 7) is 5.07. The summed E-state index contributed by atoms with van der Waals surface area (Å²) >= 11 is 0. The zero-order valence-electron chi connectivity index (χ0n) is 18.6. The topological polar surface area (TPSA) is 79.0 Å². The van der Waals surface area contributed by atoms with E-state index in [0.29, 0.717) is 39.9 Å². The maximum atomic E-state index is 13.6. The summed E-state index contributed by atoms with van der Waals surface area (Å²) in [7, 11) is 1.55. The molecule has 0 saturated carbocycles. The third-order valence-corrected chi connectivity index (χ3v) is 5.84. The van der Waals surface area contributed by atoms with E-state index in [4.69, 9.17) is 4.74 Å². The zero-order valence-corrected chi connectivity index (χ0v) is 18.6. The summed E-state index contributed by atoms with van der Waals surface area (Å²) in [4.78, 5) is 41.9. The maximum absolute atomic E-state index is 13.6. The molecular formula is C25H27N3O4. The van der Waals surface area contributed by atoms with Gasteiger partial charge in [-0.3, -0.25) is 14.4 Å². The number of nitrogens with one attached hydrogen (secondary N) is 1. The Morgan fingerprint density at radius 3 is 2.50 bits per heavy atom. The van der Waals surface area contributed by atoms with Crippen LogP contribution < -0.4 is 15.0 Å². The third kappa shape index (κ3) is 4.10. The Morgan fingerprint density at radius 1 is 1.09 bits per heavy atom. The normalized spacial score (nSPS) is 18.9. The fourth-order valence-corrected chi connectivity index (χ4v) is 4.37. The quantitative estimate of drug-likeness (QED) is 0.728. The molecule has 2 aromatic rings. The molecule has 0 aromatic heterocycles. The minimum Gasteiger partial charge on any atom is -0.497 e. The van der Waals surface area contributed by atoms with E-state index < -0.39 is 0 Å². The lowest BCUT2D eigenvalue weighted by atomic mass is 9.97. The van der Waals surface area contributed by atoms with Crippen LogP contribution in [0.3, 0.4) is 0 Å². The standard InChI is InChI=1S/C25H27N3O4/c1-16-6-5-13-27(15-16)23-22(18-9-11-19(12-10-18)26-17(2)29)24(30)28(25(23)31)20-7-4-8-21(14-20)32-3/h4,7-12,14,16H,5-6,13,15H2,1-3H3,(H,26,29). The van der Waals surface area contributed by atoms with Crippen LogP contribution in [0, 0.1) is 5.92 Å². The monoisotopic (exact) mass is 433 g/mol. The van der Waals surface area contributed by atoms with E-state index in [1.165, 1.54) is 11.8 Å². The lowest BCUT2D eigenvalue weighted by molar-refractivity contribution is -0.121. The van der Waals surface area contributed by atoms with Crippen molar-refractivity contribution in [3.63, 3.8) is 0 Å². The van der Waals surface area contributed by atoms with Crippen LogP contribution in [-0.2, 0) is 14.4 Å². The van der Waals surface area contributed by atoms with Gasteiger partial charge in [0.1, 0.15) is 11.4 Å². The van der Waals surface area contributed by atoms with Crippen LogP contribution in [0.5, 0.6) is 5.75 Å². The number of benzene rings is 2. The summed E-state index contributed by atoms with van der Waals surface area (Å²) in [5.41, 5.74) is 2.59. The van der Waals surface area contributed by atoms with Gasteiger partial charge in [0.25, 0.3) is 11.8 Å². The van der Waals surface area contributed by atoms with E-state index in [9.17, 15) is 14.4 Å². The molecule has 2 aliphatic heterocycles. The largest absolute Gasteiger partial charge is 0.497 e. The average Bonchev–Trinajstić information content (AvgIpc) is 3.04. The molecule has 166 valence electrons. The van der Waals surface area contributed by atoms with E-state index in [1.54, 1.807) is 55.6 Å². The number of hydrogen-bond donors (Lipinski definition) is 1. The lowest BCUT2D eigenvalue weighted by Gasteiger charge is -2.33. The number of imide groups is 1. The molecule has 2 aliphatic rings. The van der Waals surface area contributed by atoms with Crippen molar-refractivity contribution in [3.05, 3.63) is 59.8 Å². The molecule has 1 atom stereocenters. The Balaban J connectivity index is 1.78. The van der Waals surface area contributed by atoms with Crippen molar-refractivity contribution in [1.29, 1.82) is 0 Å². The third-order valence-electron chi connectivity index (χ3n) is 5.84. The highest BCUT2D eigenvalue weighted by Crippen LogP contribution is 2.37. The fraction of sp³-hybridized carbons (Fsp3) is 0.320. The number of piperidine rings is 1. The van der Waals surface area contributed by atoms with Crippen LogP contribution in [-0.4, -0.2) is 42.8 Å². The molecule has 3 amide bonds. The molecule has 4 rings (SSSR count). The fourth-order valence-electron chi connectivity index (χ4n) is 4.37. The summed E-state index contributed by atoms with van der Waals surface area (Å²) in [6, 6.07) is 14.0. The number of amides is 3. The average molecular weight is 434 g/mol. The van der Waals surface area contributed by atoms with Crippen molar-refractivity contribution in [1.82, 2.24) is 4.90 Å². The number of hydrogen-bond acceptors (Lipinski definition) is 5. The molecule has 0 aliphatic carbocycles. The van der Waals surface area contributed by atoms with Gasteiger partial charge in [0.15, 0.2) is 0 Å². The molecule has 1 N–H and O–H groups in total. The molecule has 0 spiro atoms. The van der Waals surface area contributed by atoms with E-state index >= 15 is 0 Å². The molecule has 2 aromatic carbocycles. The lowest BCUT2D eigenvalue weighted by Crippen LogP contribution is -2.39. The number of anilines is 2. The summed E-state index contributed by atoms with van der Waals surface area (Å²) in [5.74, 6) is 0.163. The molecule has 0 radical (unpaired) electrons. The van der Waals surface area contributed by atoms with Crippen molar-refractivity contribution >= 4 is 34.7 Å². The van der Waals surface area contributed by atoms with Crippen molar-refractivity contribution in [2.75, 3.05) is 30.4 Å². The minimum atomic E-state index is -0.358. The molecular weight excluding hydrogens is 406 g/mol. The number of carbonyl (C=O) groups is 3. The SMILES string of the molecule is COc1cccc(N2C(=O)C(c3ccc(NC(C)=O)cc3)=C(N3CCCC(C)C3)C2=O)c1. The van der Waals surface area contributed by atoms with Crippen LogP contribution in [0.2, 0.25) is 0 Å². The van der Waals surface area contributed by atoms with Crippen LogP contribution in [0.15, 0.2) is 54.2 Å². The predicted molar refractivity (Wildman–Crippen MR) is 123 cm³/mol. The smallest absolute Gasteiger partial charge is 0.282 e. The highest BCUT2D eigenvalue weighted by Gasteiger charge is 2.43. The second kappa shape index (κ2) is 8.86. The maximum Gasteiger partial charge on any atom is 0.282 e. The van der Waals surface area contributed by atoms with Gasteiger partial charge in [0.2, 0.25) is 5.91 Å². The molecule has 7 nitrogen and oxygen atoms in total. The van der Waals surface area contributed by atoms with E-state index in [-0.39, 0.29) is 17.7 Å². The Kier molecular flexibility index (Phi) is 5.99. The number of rotatable bonds is 5. The van der Waals surface area contributed by atoms with Gasteiger partial charge in [-0.25, -0.2) is 4.90 Å². The van der Waals surface area contributed by atoms with E-state index in [0.717, 1.165) is 25.9 Å². The van der Waals surface area contributed by atoms with Gasteiger partial charge in [-0.1, -0.05) is 25.1 Å². The van der Waals surface area contributed by atoms with E-state index in [2.05, 4.69) is 12.2 Å². The molecule has 1 fully saturated rings. The molecule has 7 heteroatoms. The van der Waals surface area contributed by atoms with Crippen molar-refractivity contribution in [2.45, 2.75) is 26.7 Å². The predicted octanol–water partition coefficient (Wildman–Crippen LogP) is 3.67.